The fraction of sp³-hybridized carbons (Fsp3) is 0.200. The fourth-order valence-corrected chi connectivity index (χ4v) is 3.86. The van der Waals surface area contributed by atoms with Crippen LogP contribution in [-0.2, 0) is 11.3 Å². The molecule has 0 aliphatic carbocycles. The molecule has 0 bridgehead atoms. The predicted molar refractivity (Wildman–Crippen MR) is 115 cm³/mol. The molecule has 0 aromatic heterocycles. The minimum atomic E-state index is -1.05. The van der Waals surface area contributed by atoms with E-state index in [-0.39, 0.29) is 24.7 Å². The first-order chi connectivity index (χ1) is 14.6. The second-order valence-corrected chi connectivity index (χ2v) is 7.49. The third kappa shape index (κ3) is 4.47. The van der Waals surface area contributed by atoms with Crippen molar-refractivity contribution in [3.05, 3.63) is 102 Å². The molecule has 1 fully saturated rings. The molecule has 3 aromatic carbocycles. The molecule has 1 N–H and O–H groups in total. The fourth-order valence-electron chi connectivity index (χ4n) is 3.86. The summed E-state index contributed by atoms with van der Waals surface area (Å²) in [6, 6.07) is 25.0. The Kier molecular flexibility index (Phi) is 6.00. The molecule has 1 aliphatic rings. The summed E-state index contributed by atoms with van der Waals surface area (Å²) < 4.78 is 14.2. The molecule has 152 valence electrons. The number of ketones is 1. The Morgan fingerprint density at radius 3 is 2.27 bits per heavy atom. The van der Waals surface area contributed by atoms with Gasteiger partial charge in [-0.2, -0.15) is 0 Å². The number of carbonyl (C=O) groups excluding carboxylic acids is 2. The van der Waals surface area contributed by atoms with E-state index in [0.717, 1.165) is 5.56 Å². The maximum absolute atomic E-state index is 14.2. The molecule has 0 radical (unpaired) electrons. The van der Waals surface area contributed by atoms with Crippen molar-refractivity contribution in [2.24, 2.45) is 0 Å². The zero-order valence-electron chi connectivity index (χ0n) is 16.5. The first-order valence-corrected chi connectivity index (χ1v) is 10.0. The zero-order valence-corrected chi connectivity index (χ0v) is 16.5. The minimum absolute atomic E-state index is 0.146. The molecule has 4 nitrogen and oxygen atoms in total. The standard InChI is InChI=1S/C25H23FN2O2/c26-20-15-23(28(17-20)16-18-9-3-1-4-10-18)25(30)27-22-14-8-7-13-21(22)24(29)19-11-5-2-6-12-19/h1-14,20,23H,15-17H2,(H,27,30)/t20-,23-/m1/s1. The van der Waals surface area contributed by atoms with Gasteiger partial charge in [-0.1, -0.05) is 72.8 Å². The molecule has 5 heteroatoms. The lowest BCUT2D eigenvalue weighted by Crippen LogP contribution is -2.39. The second-order valence-electron chi connectivity index (χ2n) is 7.49. The molecule has 1 amide bonds. The van der Waals surface area contributed by atoms with Gasteiger partial charge in [-0.3, -0.25) is 14.5 Å². The molecular formula is C25H23FN2O2. The maximum atomic E-state index is 14.2. The Hall–Kier alpha value is -3.31. The third-order valence-corrected chi connectivity index (χ3v) is 5.35. The molecule has 0 spiro atoms. The summed E-state index contributed by atoms with van der Waals surface area (Å²) in [7, 11) is 0. The van der Waals surface area contributed by atoms with Crippen molar-refractivity contribution in [3.8, 4) is 0 Å². The number of hydrogen-bond donors (Lipinski definition) is 1. The summed E-state index contributed by atoms with van der Waals surface area (Å²) in [5, 5.41) is 2.87. The van der Waals surface area contributed by atoms with E-state index in [1.54, 1.807) is 48.5 Å². The van der Waals surface area contributed by atoms with Crippen molar-refractivity contribution >= 4 is 17.4 Å². The first kappa shape index (κ1) is 20.0. The van der Waals surface area contributed by atoms with E-state index in [1.807, 2.05) is 41.3 Å². The van der Waals surface area contributed by atoms with Crippen LogP contribution < -0.4 is 5.32 Å². The van der Waals surface area contributed by atoms with E-state index in [1.165, 1.54) is 0 Å². The zero-order chi connectivity index (χ0) is 20.9. The Morgan fingerprint density at radius 1 is 0.900 bits per heavy atom. The number of amides is 1. The smallest absolute Gasteiger partial charge is 0.241 e. The lowest BCUT2D eigenvalue weighted by molar-refractivity contribution is -0.120. The number of nitrogens with zero attached hydrogens (tertiary/aromatic N) is 1. The van der Waals surface area contributed by atoms with Crippen molar-refractivity contribution in [3.63, 3.8) is 0 Å². The third-order valence-electron chi connectivity index (χ3n) is 5.35. The van der Waals surface area contributed by atoms with E-state index in [2.05, 4.69) is 5.32 Å². The second kappa shape index (κ2) is 9.01. The van der Waals surface area contributed by atoms with Crippen LogP contribution in [0.1, 0.15) is 27.9 Å². The molecule has 2 atom stereocenters. The highest BCUT2D eigenvalue weighted by molar-refractivity contribution is 6.14. The molecule has 3 aromatic rings. The number of likely N-dealkylation sites (tertiary alicyclic amines) is 1. The van der Waals surface area contributed by atoms with Crippen LogP contribution in [0.15, 0.2) is 84.9 Å². The summed E-state index contributed by atoms with van der Waals surface area (Å²) in [6.45, 7) is 0.724. The van der Waals surface area contributed by atoms with Gasteiger partial charge >= 0.3 is 0 Å². The van der Waals surface area contributed by atoms with Gasteiger partial charge < -0.3 is 5.32 Å². The summed E-state index contributed by atoms with van der Waals surface area (Å²) in [5.41, 5.74) is 2.44. The van der Waals surface area contributed by atoms with Gasteiger partial charge in [-0.15, -0.1) is 0 Å². The number of rotatable bonds is 6. The quantitative estimate of drug-likeness (QED) is 0.619. The van der Waals surface area contributed by atoms with Crippen LogP contribution in [0, 0.1) is 0 Å². The van der Waals surface area contributed by atoms with Gasteiger partial charge in [-0.05, 0) is 17.7 Å². The van der Waals surface area contributed by atoms with E-state index in [4.69, 9.17) is 0 Å². The highest BCUT2D eigenvalue weighted by atomic mass is 19.1. The van der Waals surface area contributed by atoms with Gasteiger partial charge in [0.2, 0.25) is 5.91 Å². The Bertz CT molecular complexity index is 1020. The first-order valence-electron chi connectivity index (χ1n) is 10.0. The summed E-state index contributed by atoms with van der Waals surface area (Å²) >= 11 is 0. The highest BCUT2D eigenvalue weighted by Crippen LogP contribution is 2.25. The molecule has 0 unspecified atom stereocenters. The lowest BCUT2D eigenvalue weighted by atomic mass is 10.0. The van der Waals surface area contributed by atoms with Crippen molar-refractivity contribution < 1.29 is 14.0 Å². The van der Waals surface area contributed by atoms with Crippen molar-refractivity contribution in [1.82, 2.24) is 4.90 Å². The van der Waals surface area contributed by atoms with Crippen LogP contribution in [0.2, 0.25) is 0 Å². The van der Waals surface area contributed by atoms with E-state index < -0.39 is 12.2 Å². The van der Waals surface area contributed by atoms with Gasteiger partial charge in [0.05, 0.1) is 11.7 Å². The van der Waals surface area contributed by atoms with Gasteiger partial charge in [0.1, 0.15) is 6.17 Å². The van der Waals surface area contributed by atoms with Crippen LogP contribution in [-0.4, -0.2) is 35.3 Å². The highest BCUT2D eigenvalue weighted by Gasteiger charge is 2.37. The number of para-hydroxylation sites is 1. The van der Waals surface area contributed by atoms with Crippen LogP contribution in [0.5, 0.6) is 0 Å². The summed E-state index contributed by atoms with van der Waals surface area (Å²) in [6.07, 6.45) is -0.904. The van der Waals surface area contributed by atoms with Crippen LogP contribution in [0.25, 0.3) is 0 Å². The Morgan fingerprint density at radius 2 is 1.53 bits per heavy atom. The Balaban J connectivity index is 1.53. The monoisotopic (exact) mass is 402 g/mol. The van der Waals surface area contributed by atoms with E-state index in [9.17, 15) is 14.0 Å². The Labute approximate surface area is 175 Å². The van der Waals surface area contributed by atoms with Crippen LogP contribution in [0.4, 0.5) is 10.1 Å². The number of hydrogen-bond acceptors (Lipinski definition) is 3. The summed E-state index contributed by atoms with van der Waals surface area (Å²) in [5.74, 6) is -0.457. The van der Waals surface area contributed by atoms with E-state index >= 15 is 0 Å². The molecule has 0 saturated carbocycles. The average Bonchev–Trinajstić information content (AvgIpc) is 3.15. The van der Waals surface area contributed by atoms with Gasteiger partial charge in [-0.25, -0.2) is 4.39 Å². The normalized spacial score (nSPS) is 18.8. The van der Waals surface area contributed by atoms with Crippen molar-refractivity contribution in [1.29, 1.82) is 0 Å². The number of carbonyl (C=O) groups is 2. The SMILES string of the molecule is O=C(c1ccccc1)c1ccccc1NC(=O)[C@H]1C[C@@H](F)CN1Cc1ccccc1. The van der Waals surface area contributed by atoms with E-state index in [0.29, 0.717) is 23.4 Å². The molecule has 30 heavy (non-hydrogen) atoms. The largest absolute Gasteiger partial charge is 0.324 e. The average molecular weight is 402 g/mol. The number of anilines is 1. The molecule has 1 saturated heterocycles. The topological polar surface area (TPSA) is 49.4 Å². The van der Waals surface area contributed by atoms with Crippen LogP contribution in [0.3, 0.4) is 0 Å². The lowest BCUT2D eigenvalue weighted by Gasteiger charge is -2.23. The molecule has 1 aliphatic heterocycles. The van der Waals surface area contributed by atoms with Gasteiger partial charge in [0.25, 0.3) is 0 Å². The molecule has 1 heterocycles. The predicted octanol–water partition coefficient (Wildman–Crippen LogP) is 4.47. The van der Waals surface area contributed by atoms with Crippen molar-refractivity contribution in [2.75, 3.05) is 11.9 Å². The maximum Gasteiger partial charge on any atom is 0.241 e. The molecular weight excluding hydrogens is 379 g/mol. The number of benzene rings is 3. The minimum Gasteiger partial charge on any atom is -0.324 e. The summed E-state index contributed by atoms with van der Waals surface area (Å²) in [4.78, 5) is 27.8. The molecule has 4 rings (SSSR count). The number of alkyl halides is 1. The van der Waals surface area contributed by atoms with Gasteiger partial charge in [0, 0.05) is 30.6 Å². The van der Waals surface area contributed by atoms with Gasteiger partial charge in [0.15, 0.2) is 5.78 Å². The van der Waals surface area contributed by atoms with Crippen molar-refractivity contribution in [2.45, 2.75) is 25.2 Å². The number of halogens is 1. The van der Waals surface area contributed by atoms with Crippen LogP contribution >= 0.6 is 0 Å². The number of nitrogens with one attached hydrogen (secondary N) is 1.